The Balaban J connectivity index is 2.12. The maximum atomic E-state index is 5.96. The molecule has 3 heterocycles. The molecule has 0 N–H and O–H groups in total. The molecule has 0 fully saturated rings. The number of rotatable bonds is 3. The SMILES string of the molecule is Cc1ccc2nc(CCl)n(Cc3ncn(C)n3)c2n1. The zero-order valence-electron chi connectivity index (χ0n) is 10.7. The lowest BCUT2D eigenvalue weighted by molar-refractivity contribution is 0.693. The molecular weight excluding hydrogens is 264 g/mol. The van der Waals surface area contributed by atoms with Gasteiger partial charge in [0.1, 0.15) is 17.7 Å². The summed E-state index contributed by atoms with van der Waals surface area (Å²) in [5, 5.41) is 4.28. The minimum absolute atomic E-state index is 0.336. The van der Waals surface area contributed by atoms with E-state index in [4.69, 9.17) is 11.6 Å². The summed E-state index contributed by atoms with van der Waals surface area (Å²) in [4.78, 5) is 13.2. The van der Waals surface area contributed by atoms with Crippen molar-refractivity contribution in [3.63, 3.8) is 0 Å². The lowest BCUT2D eigenvalue weighted by Gasteiger charge is -2.04. The highest BCUT2D eigenvalue weighted by Gasteiger charge is 2.13. The number of nitrogens with zero attached hydrogens (tertiary/aromatic N) is 6. The van der Waals surface area contributed by atoms with Crippen LogP contribution >= 0.6 is 11.6 Å². The number of halogens is 1. The Labute approximate surface area is 115 Å². The van der Waals surface area contributed by atoms with Gasteiger partial charge in [0, 0.05) is 12.7 Å². The summed E-state index contributed by atoms with van der Waals surface area (Å²) in [6.07, 6.45) is 1.67. The van der Waals surface area contributed by atoms with Gasteiger partial charge in [-0.25, -0.2) is 15.0 Å². The van der Waals surface area contributed by atoms with Crippen LogP contribution in [0.3, 0.4) is 0 Å². The van der Waals surface area contributed by atoms with Gasteiger partial charge in [-0.1, -0.05) is 0 Å². The van der Waals surface area contributed by atoms with E-state index in [1.54, 1.807) is 11.0 Å². The molecule has 19 heavy (non-hydrogen) atoms. The fourth-order valence-electron chi connectivity index (χ4n) is 2.01. The number of hydrogen-bond acceptors (Lipinski definition) is 4. The van der Waals surface area contributed by atoms with Crippen molar-refractivity contribution in [2.24, 2.45) is 7.05 Å². The summed E-state index contributed by atoms with van der Waals surface area (Å²) >= 11 is 5.96. The van der Waals surface area contributed by atoms with E-state index in [1.807, 2.05) is 30.7 Å². The van der Waals surface area contributed by atoms with Crippen LogP contribution in [0.1, 0.15) is 17.3 Å². The molecule has 0 aliphatic rings. The van der Waals surface area contributed by atoms with Gasteiger partial charge < -0.3 is 4.57 Å². The quantitative estimate of drug-likeness (QED) is 0.683. The van der Waals surface area contributed by atoms with Crippen LogP contribution in [-0.4, -0.2) is 29.3 Å². The van der Waals surface area contributed by atoms with Crippen LogP contribution in [0.15, 0.2) is 18.5 Å². The van der Waals surface area contributed by atoms with Crippen LogP contribution in [0.2, 0.25) is 0 Å². The summed E-state index contributed by atoms with van der Waals surface area (Å²) in [7, 11) is 1.84. The Morgan fingerprint density at radius 2 is 2.11 bits per heavy atom. The number of fused-ring (bicyclic) bond motifs is 1. The topological polar surface area (TPSA) is 61.4 Å². The zero-order valence-corrected chi connectivity index (χ0v) is 11.5. The molecule has 0 saturated carbocycles. The van der Waals surface area contributed by atoms with Crippen molar-refractivity contribution in [2.75, 3.05) is 0 Å². The second kappa shape index (κ2) is 4.62. The first-order valence-corrected chi connectivity index (χ1v) is 6.44. The van der Waals surface area contributed by atoms with Crippen LogP contribution < -0.4 is 0 Å². The average molecular weight is 277 g/mol. The molecule has 0 aromatic carbocycles. The molecular formula is C12H13ClN6. The zero-order chi connectivity index (χ0) is 13.4. The molecule has 0 aliphatic heterocycles. The van der Waals surface area contributed by atoms with E-state index in [0.717, 1.165) is 28.5 Å². The van der Waals surface area contributed by atoms with Gasteiger partial charge in [0.2, 0.25) is 0 Å². The largest absolute Gasteiger partial charge is 0.304 e. The summed E-state index contributed by atoms with van der Waals surface area (Å²) < 4.78 is 3.64. The molecule has 98 valence electrons. The Morgan fingerprint density at radius 3 is 2.79 bits per heavy atom. The maximum Gasteiger partial charge on any atom is 0.170 e. The van der Waals surface area contributed by atoms with Crippen LogP contribution in [0.5, 0.6) is 0 Å². The number of pyridine rings is 1. The van der Waals surface area contributed by atoms with Gasteiger partial charge in [-0.2, -0.15) is 5.10 Å². The summed E-state index contributed by atoms with van der Waals surface area (Å²) in [5.41, 5.74) is 2.61. The first-order chi connectivity index (χ1) is 9.17. The lowest BCUT2D eigenvalue weighted by Crippen LogP contribution is -2.07. The van der Waals surface area contributed by atoms with E-state index in [-0.39, 0.29) is 0 Å². The standard InChI is InChI=1S/C12H13ClN6/c1-8-3-4-9-12(15-8)19(11(5-13)16-9)6-10-14-7-18(2)17-10/h3-4,7H,5-6H2,1-2H3. The number of aromatic nitrogens is 6. The van der Waals surface area contributed by atoms with Crippen molar-refractivity contribution in [1.29, 1.82) is 0 Å². The van der Waals surface area contributed by atoms with Crippen molar-refractivity contribution >= 4 is 22.8 Å². The fourth-order valence-corrected chi connectivity index (χ4v) is 2.21. The molecule has 0 amide bonds. The van der Waals surface area contributed by atoms with Gasteiger partial charge in [0.05, 0.1) is 12.4 Å². The third-order valence-corrected chi connectivity index (χ3v) is 3.12. The van der Waals surface area contributed by atoms with Gasteiger partial charge in [-0.05, 0) is 19.1 Å². The third-order valence-electron chi connectivity index (χ3n) is 2.88. The highest BCUT2D eigenvalue weighted by molar-refractivity contribution is 6.16. The van der Waals surface area contributed by atoms with Crippen LogP contribution in [0.4, 0.5) is 0 Å². The van der Waals surface area contributed by atoms with E-state index < -0.39 is 0 Å². The van der Waals surface area contributed by atoms with E-state index >= 15 is 0 Å². The van der Waals surface area contributed by atoms with E-state index in [2.05, 4.69) is 20.1 Å². The first-order valence-electron chi connectivity index (χ1n) is 5.90. The van der Waals surface area contributed by atoms with E-state index in [0.29, 0.717) is 12.4 Å². The Morgan fingerprint density at radius 1 is 1.26 bits per heavy atom. The molecule has 0 radical (unpaired) electrons. The van der Waals surface area contributed by atoms with Gasteiger partial charge in [0.15, 0.2) is 11.5 Å². The van der Waals surface area contributed by atoms with Crippen LogP contribution in [0, 0.1) is 6.92 Å². The molecule has 0 atom stereocenters. The summed E-state index contributed by atoms with van der Waals surface area (Å²) in [6, 6.07) is 3.90. The minimum Gasteiger partial charge on any atom is -0.304 e. The number of hydrogen-bond donors (Lipinski definition) is 0. The summed E-state index contributed by atoms with van der Waals surface area (Å²) in [6.45, 7) is 2.48. The van der Waals surface area contributed by atoms with Crippen molar-refractivity contribution in [3.8, 4) is 0 Å². The van der Waals surface area contributed by atoms with Crippen molar-refractivity contribution < 1.29 is 0 Å². The van der Waals surface area contributed by atoms with Gasteiger partial charge in [-0.15, -0.1) is 11.6 Å². The molecule has 0 saturated heterocycles. The minimum atomic E-state index is 0.336. The van der Waals surface area contributed by atoms with Crippen molar-refractivity contribution in [3.05, 3.63) is 35.8 Å². The summed E-state index contributed by atoms with van der Waals surface area (Å²) in [5.74, 6) is 1.83. The molecule has 0 spiro atoms. The lowest BCUT2D eigenvalue weighted by atomic mass is 10.3. The van der Waals surface area contributed by atoms with Gasteiger partial charge >= 0.3 is 0 Å². The van der Waals surface area contributed by atoms with Crippen molar-refractivity contribution in [1.82, 2.24) is 29.3 Å². The molecule has 0 unspecified atom stereocenters. The van der Waals surface area contributed by atoms with Gasteiger partial charge in [0.25, 0.3) is 0 Å². The van der Waals surface area contributed by atoms with E-state index in [9.17, 15) is 0 Å². The van der Waals surface area contributed by atoms with Crippen molar-refractivity contribution in [2.45, 2.75) is 19.3 Å². The molecule has 0 aliphatic carbocycles. The molecule has 3 aromatic heterocycles. The second-order valence-electron chi connectivity index (χ2n) is 4.38. The predicted molar refractivity (Wildman–Crippen MR) is 71.9 cm³/mol. The Kier molecular flexibility index (Phi) is 2.94. The highest BCUT2D eigenvalue weighted by Crippen LogP contribution is 2.17. The van der Waals surface area contributed by atoms with E-state index in [1.165, 1.54) is 0 Å². The molecule has 3 rings (SSSR count). The Bertz CT molecular complexity index is 729. The average Bonchev–Trinajstić information content (AvgIpc) is 2.94. The number of alkyl halides is 1. The molecule has 3 aromatic rings. The van der Waals surface area contributed by atoms with Crippen LogP contribution in [-0.2, 0) is 19.5 Å². The molecule has 6 nitrogen and oxygen atoms in total. The number of aryl methyl sites for hydroxylation is 2. The third kappa shape index (κ3) is 2.19. The normalized spacial score (nSPS) is 11.3. The maximum absolute atomic E-state index is 5.96. The fraction of sp³-hybridized carbons (Fsp3) is 0.333. The smallest absolute Gasteiger partial charge is 0.170 e. The van der Waals surface area contributed by atoms with Crippen LogP contribution in [0.25, 0.3) is 11.2 Å². The van der Waals surface area contributed by atoms with Gasteiger partial charge in [-0.3, -0.25) is 4.68 Å². The monoisotopic (exact) mass is 276 g/mol. The molecule has 7 heteroatoms. The highest BCUT2D eigenvalue weighted by atomic mass is 35.5. The second-order valence-corrected chi connectivity index (χ2v) is 4.64. The Hall–Kier alpha value is -1.95. The predicted octanol–water partition coefficient (Wildman–Crippen LogP) is 1.66. The first kappa shape index (κ1) is 12.1. The molecule has 0 bridgehead atoms. The number of imidazole rings is 1.